The molecule has 60 heavy (non-hydrogen) atoms. The Hall–Kier alpha value is -4.71. The Morgan fingerprint density at radius 1 is 0.983 bits per heavy atom. The van der Waals surface area contributed by atoms with Gasteiger partial charge in [-0.2, -0.15) is 0 Å². The van der Waals surface area contributed by atoms with Crippen molar-refractivity contribution in [2.24, 2.45) is 22.7 Å². The molecule has 1 aromatic rings. The molecule has 10 atom stereocenters. The molecular weight excluding hydrogens is 786 g/mol. The van der Waals surface area contributed by atoms with Gasteiger partial charge < -0.3 is 53.9 Å². The highest BCUT2D eigenvalue weighted by atomic mass is 16.7. The van der Waals surface area contributed by atoms with Crippen LogP contribution >= 0.6 is 0 Å². The lowest BCUT2D eigenvalue weighted by atomic mass is 9.49. The fraction of sp³-hybridized carbons (Fsp3) is 0.651. The molecular formula is C43H59NO16. The molecule has 2 fully saturated rings. The summed E-state index contributed by atoms with van der Waals surface area (Å²) in [5, 5.41) is 39.9. The Labute approximate surface area is 349 Å². The summed E-state index contributed by atoms with van der Waals surface area (Å²) in [4.78, 5) is 93.6. The Morgan fingerprint density at radius 2 is 1.60 bits per heavy atom. The molecule has 17 heteroatoms. The number of amides is 1. The highest BCUT2D eigenvalue weighted by Gasteiger charge is 2.76. The zero-order valence-corrected chi connectivity index (χ0v) is 36.1. The first-order valence-electron chi connectivity index (χ1n) is 19.9. The highest BCUT2D eigenvalue weighted by molar-refractivity contribution is 5.96. The van der Waals surface area contributed by atoms with Crippen molar-refractivity contribution in [1.29, 1.82) is 0 Å². The van der Waals surface area contributed by atoms with Crippen LogP contribution in [0.5, 0.6) is 0 Å². The number of ketones is 1. The van der Waals surface area contributed by atoms with Gasteiger partial charge in [0, 0.05) is 32.1 Å². The van der Waals surface area contributed by atoms with Gasteiger partial charge in [-0.15, -0.1) is 0 Å². The monoisotopic (exact) mass is 845 g/mol. The van der Waals surface area contributed by atoms with E-state index in [1.807, 2.05) is 0 Å². The third-order valence-electron chi connectivity index (χ3n) is 11.7. The van der Waals surface area contributed by atoms with E-state index in [4.69, 9.17) is 28.4 Å². The number of alkyl carbamates (subject to hydrolysis) is 1. The molecule has 0 radical (unpaired) electrons. The number of rotatable bonds is 13. The number of nitrogens with one attached hydrogen (secondary N) is 1. The first kappa shape index (κ1) is 48.0. The minimum Gasteiger partial charge on any atom is -0.460 e. The van der Waals surface area contributed by atoms with E-state index in [2.05, 4.69) is 5.32 Å². The van der Waals surface area contributed by atoms with E-state index >= 15 is 4.79 Å². The van der Waals surface area contributed by atoms with E-state index in [9.17, 15) is 44.1 Å². The number of carbonyl (C=O) groups excluding carboxylic acids is 7. The van der Waals surface area contributed by atoms with E-state index in [-0.39, 0.29) is 29.0 Å². The van der Waals surface area contributed by atoms with E-state index in [0.717, 1.165) is 13.8 Å². The normalized spacial score (nSPS) is 30.8. The van der Waals surface area contributed by atoms with Gasteiger partial charge in [0.2, 0.25) is 5.79 Å². The van der Waals surface area contributed by atoms with Crippen molar-refractivity contribution in [2.75, 3.05) is 6.61 Å². The molecule has 1 saturated heterocycles. The minimum absolute atomic E-state index is 0.00112. The van der Waals surface area contributed by atoms with Crippen LogP contribution in [-0.2, 0) is 52.4 Å². The number of fused-ring (bicyclic) bond motifs is 3. The van der Waals surface area contributed by atoms with Crippen LogP contribution in [0.1, 0.15) is 106 Å². The Balaban J connectivity index is 1.99. The largest absolute Gasteiger partial charge is 0.460 e. The van der Waals surface area contributed by atoms with E-state index in [0.29, 0.717) is 6.29 Å². The smallest absolute Gasteiger partial charge is 0.407 e. The lowest BCUT2D eigenvalue weighted by Gasteiger charge is -2.59. The molecule has 17 nitrogen and oxygen atoms in total. The summed E-state index contributed by atoms with van der Waals surface area (Å²) in [6.45, 7) is 15.4. The van der Waals surface area contributed by atoms with Crippen molar-refractivity contribution >= 4 is 42.0 Å². The molecule has 2 bridgehead atoms. The summed E-state index contributed by atoms with van der Waals surface area (Å²) in [6, 6.07) is 6.38. The fourth-order valence-corrected chi connectivity index (χ4v) is 8.91. The zero-order chi connectivity index (χ0) is 45.3. The predicted octanol–water partition coefficient (Wildman–Crippen LogP) is 3.28. The van der Waals surface area contributed by atoms with Crippen molar-refractivity contribution in [1.82, 2.24) is 5.32 Å². The number of ether oxygens (including phenoxy) is 6. The van der Waals surface area contributed by atoms with Gasteiger partial charge in [-0.3, -0.25) is 14.4 Å². The quantitative estimate of drug-likeness (QED) is 0.0963. The summed E-state index contributed by atoms with van der Waals surface area (Å²) in [7, 11) is 0. The second-order valence-electron chi connectivity index (χ2n) is 18.0. The van der Waals surface area contributed by atoms with Crippen LogP contribution in [0, 0.1) is 22.7 Å². The molecule has 332 valence electrons. The first-order valence-corrected chi connectivity index (χ1v) is 19.9. The molecule has 3 aliphatic rings. The number of benzene rings is 1. The first-order chi connectivity index (χ1) is 27.6. The second-order valence-corrected chi connectivity index (χ2v) is 18.0. The maximum atomic E-state index is 15.4. The van der Waals surface area contributed by atoms with Gasteiger partial charge >= 0.3 is 30.0 Å². The number of hydrogen-bond acceptors (Lipinski definition) is 16. The summed E-state index contributed by atoms with van der Waals surface area (Å²) < 4.78 is 34.6. The third-order valence-corrected chi connectivity index (χ3v) is 11.7. The molecule has 4 N–H and O–H groups in total. The maximum absolute atomic E-state index is 15.4. The SMILES string of the molecule is CC(=O)OC[C@@]1(O)O[C@@H](CC=O)[C@@]2(C)C(=O)[C@H](OC(C)=O)C3=C(C)[C@@H](OC(=O)[C@H](O)[C@@H](CC(C)C)NC(=O)OC(C)(C)C)C[C@@](O)([C@@H](OC(=O)c4ccccc4)[C@@H]21)C3(C)C. The highest BCUT2D eigenvalue weighted by Crippen LogP contribution is 2.63. The number of aliphatic hydroxyl groups excluding tert-OH is 1. The van der Waals surface area contributed by atoms with Crippen molar-refractivity contribution in [2.45, 2.75) is 149 Å². The van der Waals surface area contributed by atoms with Crippen LogP contribution in [0.4, 0.5) is 4.79 Å². The van der Waals surface area contributed by atoms with Crippen LogP contribution in [0.2, 0.25) is 0 Å². The van der Waals surface area contributed by atoms with Crippen molar-refractivity contribution in [3.05, 3.63) is 47.0 Å². The number of aldehydes is 1. The lowest BCUT2D eigenvalue weighted by Crippen LogP contribution is -2.71. The number of esters is 4. The molecule has 0 unspecified atom stereocenters. The summed E-state index contributed by atoms with van der Waals surface area (Å²) >= 11 is 0. The van der Waals surface area contributed by atoms with Crippen molar-refractivity contribution < 1.29 is 77.3 Å². The number of carbonyl (C=O) groups is 7. The number of hydrogen-bond donors (Lipinski definition) is 4. The Kier molecular flexibility index (Phi) is 14.2. The van der Waals surface area contributed by atoms with Gasteiger partial charge in [0.15, 0.2) is 18.0 Å². The van der Waals surface area contributed by atoms with Gasteiger partial charge in [-0.1, -0.05) is 45.9 Å². The summed E-state index contributed by atoms with van der Waals surface area (Å²) in [5.74, 6) is -9.79. The van der Waals surface area contributed by atoms with Crippen LogP contribution < -0.4 is 5.32 Å². The van der Waals surface area contributed by atoms with Gasteiger partial charge in [0.25, 0.3) is 0 Å². The van der Waals surface area contributed by atoms with E-state index in [1.165, 1.54) is 39.8 Å². The van der Waals surface area contributed by atoms with Crippen molar-refractivity contribution in [3.63, 3.8) is 0 Å². The average Bonchev–Trinajstić information content (AvgIpc) is 3.35. The van der Waals surface area contributed by atoms with Gasteiger partial charge in [0.1, 0.15) is 36.3 Å². The van der Waals surface area contributed by atoms with Crippen LogP contribution in [0.25, 0.3) is 0 Å². The van der Waals surface area contributed by atoms with E-state index < -0.39 is 126 Å². The van der Waals surface area contributed by atoms with Gasteiger partial charge in [0.05, 0.1) is 29.0 Å². The Bertz CT molecular complexity index is 1870. The third kappa shape index (κ3) is 9.43. The molecule has 1 saturated carbocycles. The lowest BCUT2D eigenvalue weighted by molar-refractivity contribution is -0.274. The van der Waals surface area contributed by atoms with Crippen molar-refractivity contribution in [3.8, 4) is 0 Å². The molecule has 1 amide bonds. The molecule has 0 spiro atoms. The molecule has 0 aromatic heterocycles. The molecule has 2 aliphatic carbocycles. The standard InChI is InChI=1S/C43H59NO16/c1-22(2)19-27(44-38(52)60-39(6,7)8)31(48)37(51)57-28-20-42(53)35(58-36(50)26-15-13-12-14-16-26)33-41(11,29(17-18-45)59-43(33,54)21-55-24(4)46)34(49)32(56-25(5)47)30(23(28)3)40(42,9)10/h12-16,18,22,27-29,31-33,35,48,53-54H,17,19-21H2,1-11H3,(H,44,52)/t27-,28+,29+,31-,32-,33+,35+,41-,42-,43-/m1/s1. The average molecular weight is 846 g/mol. The van der Waals surface area contributed by atoms with E-state index in [1.54, 1.807) is 52.8 Å². The minimum atomic E-state index is -2.74. The summed E-state index contributed by atoms with van der Waals surface area (Å²) in [5.41, 5.74) is -7.22. The molecule has 1 aliphatic heterocycles. The molecule has 1 aromatic carbocycles. The maximum Gasteiger partial charge on any atom is 0.407 e. The molecule has 4 rings (SSSR count). The fourth-order valence-electron chi connectivity index (χ4n) is 8.91. The number of Topliss-reactive ketones (excluding diaryl/α,β-unsaturated/α-hetero) is 1. The molecule has 1 heterocycles. The zero-order valence-electron chi connectivity index (χ0n) is 36.1. The number of aliphatic hydroxyl groups is 3. The predicted molar refractivity (Wildman–Crippen MR) is 209 cm³/mol. The summed E-state index contributed by atoms with van der Waals surface area (Å²) in [6.07, 6.45) is -10.5. The van der Waals surface area contributed by atoms with Crippen LogP contribution in [-0.4, -0.2) is 118 Å². The van der Waals surface area contributed by atoms with Crippen LogP contribution in [0.3, 0.4) is 0 Å². The van der Waals surface area contributed by atoms with Gasteiger partial charge in [-0.25, -0.2) is 14.4 Å². The van der Waals surface area contributed by atoms with Crippen LogP contribution in [0.15, 0.2) is 41.5 Å². The Morgan fingerprint density at radius 3 is 2.13 bits per heavy atom. The van der Waals surface area contributed by atoms with Gasteiger partial charge in [-0.05, 0) is 70.2 Å². The second kappa shape index (κ2) is 17.7. The topological polar surface area (TPSA) is 248 Å².